The predicted octanol–water partition coefficient (Wildman–Crippen LogP) is 0.160. The lowest BCUT2D eigenvalue weighted by Gasteiger charge is -2.21. The smallest absolute Gasteiger partial charge is 0.227 e. The first-order valence-electron chi connectivity index (χ1n) is 6.17. The van der Waals surface area contributed by atoms with Crippen molar-refractivity contribution in [3.8, 4) is 0 Å². The van der Waals surface area contributed by atoms with E-state index >= 15 is 0 Å². The first-order valence-corrected chi connectivity index (χ1v) is 6.17. The summed E-state index contributed by atoms with van der Waals surface area (Å²) in [5.74, 6) is 0.103. The van der Waals surface area contributed by atoms with Crippen LogP contribution in [0.1, 0.15) is 18.4 Å². The van der Waals surface area contributed by atoms with Crippen molar-refractivity contribution >= 4 is 5.91 Å². The number of hydrogen-bond acceptors (Lipinski definition) is 3. The summed E-state index contributed by atoms with van der Waals surface area (Å²) in [6.45, 7) is 2.19. The number of nitrogens with two attached hydrogens (primary N) is 1. The van der Waals surface area contributed by atoms with Gasteiger partial charge >= 0.3 is 0 Å². The number of aromatic nitrogens is 2. The number of carbonyl (C=O) groups is 1. The van der Waals surface area contributed by atoms with Crippen LogP contribution in [0.15, 0.2) is 12.4 Å². The predicted molar refractivity (Wildman–Crippen MR) is 65.3 cm³/mol. The summed E-state index contributed by atoms with van der Waals surface area (Å²) < 4.78 is 1.75. The van der Waals surface area contributed by atoms with Crippen molar-refractivity contribution < 1.29 is 4.79 Å². The largest absolute Gasteiger partial charge is 0.342 e. The molecule has 1 atom stereocenters. The summed E-state index contributed by atoms with van der Waals surface area (Å²) in [4.78, 5) is 14.1. The maximum atomic E-state index is 12.2. The van der Waals surface area contributed by atoms with Crippen molar-refractivity contribution in [2.24, 2.45) is 18.7 Å². The van der Waals surface area contributed by atoms with Crippen molar-refractivity contribution in [2.45, 2.75) is 19.3 Å². The van der Waals surface area contributed by atoms with Gasteiger partial charge in [0.2, 0.25) is 5.91 Å². The van der Waals surface area contributed by atoms with Crippen molar-refractivity contribution in [2.75, 3.05) is 19.6 Å². The monoisotopic (exact) mass is 236 g/mol. The van der Waals surface area contributed by atoms with Crippen LogP contribution in [0.5, 0.6) is 0 Å². The van der Waals surface area contributed by atoms with E-state index in [-0.39, 0.29) is 11.8 Å². The number of likely N-dealkylation sites (tertiary alicyclic amines) is 1. The Morgan fingerprint density at radius 1 is 1.53 bits per heavy atom. The molecular formula is C12H20N4O. The average molecular weight is 236 g/mol. The molecule has 0 radical (unpaired) electrons. The van der Waals surface area contributed by atoms with Gasteiger partial charge in [-0.05, 0) is 24.8 Å². The average Bonchev–Trinajstić information content (AvgIpc) is 2.96. The highest BCUT2D eigenvalue weighted by Gasteiger charge is 2.25. The molecule has 1 fully saturated rings. The number of rotatable bonds is 4. The van der Waals surface area contributed by atoms with Crippen molar-refractivity contribution in [3.63, 3.8) is 0 Å². The third-order valence-corrected chi connectivity index (χ3v) is 3.29. The molecule has 1 unspecified atom stereocenters. The van der Waals surface area contributed by atoms with Crippen LogP contribution >= 0.6 is 0 Å². The fraction of sp³-hybridized carbons (Fsp3) is 0.667. The van der Waals surface area contributed by atoms with E-state index in [1.165, 1.54) is 0 Å². The number of aryl methyl sites for hydroxylation is 1. The van der Waals surface area contributed by atoms with E-state index in [1.807, 2.05) is 18.1 Å². The number of hydrogen-bond donors (Lipinski definition) is 1. The van der Waals surface area contributed by atoms with Crippen LogP contribution in [-0.4, -0.2) is 40.2 Å². The van der Waals surface area contributed by atoms with Gasteiger partial charge < -0.3 is 10.6 Å². The summed E-state index contributed by atoms with van der Waals surface area (Å²) >= 11 is 0. The van der Waals surface area contributed by atoms with Gasteiger partial charge in [-0.25, -0.2) is 0 Å². The second-order valence-corrected chi connectivity index (χ2v) is 4.69. The third-order valence-electron chi connectivity index (χ3n) is 3.29. The Morgan fingerprint density at radius 3 is 2.76 bits per heavy atom. The first kappa shape index (κ1) is 12.1. The van der Waals surface area contributed by atoms with Crippen molar-refractivity contribution in [3.05, 3.63) is 18.0 Å². The van der Waals surface area contributed by atoms with E-state index < -0.39 is 0 Å². The zero-order valence-corrected chi connectivity index (χ0v) is 10.3. The van der Waals surface area contributed by atoms with Gasteiger partial charge in [0.1, 0.15) is 0 Å². The molecule has 2 rings (SSSR count). The highest BCUT2D eigenvalue weighted by Crippen LogP contribution is 2.15. The normalized spacial score (nSPS) is 17.4. The quantitative estimate of drug-likeness (QED) is 0.810. The molecule has 0 saturated carbocycles. The highest BCUT2D eigenvalue weighted by atomic mass is 16.2. The van der Waals surface area contributed by atoms with Crippen LogP contribution in [0.3, 0.4) is 0 Å². The minimum absolute atomic E-state index is 0.0997. The zero-order valence-electron chi connectivity index (χ0n) is 10.3. The summed E-state index contributed by atoms with van der Waals surface area (Å²) in [6.07, 6.45) is 6.69. The Kier molecular flexibility index (Phi) is 3.78. The lowest BCUT2D eigenvalue weighted by atomic mass is 10.0. The van der Waals surface area contributed by atoms with Crippen molar-refractivity contribution in [1.29, 1.82) is 0 Å². The van der Waals surface area contributed by atoms with E-state index in [2.05, 4.69) is 5.10 Å². The van der Waals surface area contributed by atoms with E-state index in [9.17, 15) is 4.79 Å². The lowest BCUT2D eigenvalue weighted by molar-refractivity contribution is -0.134. The number of amides is 1. The molecule has 1 aromatic rings. The summed E-state index contributed by atoms with van der Waals surface area (Å²) in [6, 6.07) is 0. The van der Waals surface area contributed by atoms with Gasteiger partial charge in [0, 0.05) is 32.9 Å². The van der Waals surface area contributed by atoms with E-state index in [0.717, 1.165) is 31.5 Å². The Balaban J connectivity index is 1.98. The van der Waals surface area contributed by atoms with Crippen LogP contribution in [-0.2, 0) is 18.3 Å². The summed E-state index contributed by atoms with van der Waals surface area (Å²) in [5, 5.41) is 4.11. The van der Waals surface area contributed by atoms with Crippen LogP contribution < -0.4 is 5.73 Å². The highest BCUT2D eigenvalue weighted by molar-refractivity contribution is 5.79. The molecule has 1 amide bonds. The summed E-state index contributed by atoms with van der Waals surface area (Å²) in [5.41, 5.74) is 6.80. The Morgan fingerprint density at radius 2 is 2.24 bits per heavy atom. The first-order chi connectivity index (χ1) is 8.20. The van der Waals surface area contributed by atoms with E-state index in [0.29, 0.717) is 13.0 Å². The van der Waals surface area contributed by atoms with Crippen LogP contribution in [0.25, 0.3) is 0 Å². The lowest BCUT2D eigenvalue weighted by Crippen LogP contribution is -2.38. The molecule has 5 nitrogen and oxygen atoms in total. The molecule has 0 aromatic carbocycles. The molecule has 1 saturated heterocycles. The Bertz CT molecular complexity index is 382. The minimum Gasteiger partial charge on any atom is -0.342 e. The van der Waals surface area contributed by atoms with Gasteiger partial charge in [0.25, 0.3) is 0 Å². The second-order valence-electron chi connectivity index (χ2n) is 4.69. The molecule has 0 spiro atoms. The maximum absolute atomic E-state index is 12.2. The fourth-order valence-corrected chi connectivity index (χ4v) is 2.33. The summed E-state index contributed by atoms with van der Waals surface area (Å²) in [7, 11) is 1.88. The van der Waals surface area contributed by atoms with Gasteiger partial charge in [0.15, 0.2) is 0 Å². The van der Waals surface area contributed by atoms with Gasteiger partial charge in [-0.1, -0.05) is 0 Å². The molecule has 1 aromatic heterocycles. The molecule has 0 bridgehead atoms. The van der Waals surface area contributed by atoms with Gasteiger partial charge in [-0.3, -0.25) is 9.48 Å². The molecule has 2 N–H and O–H groups in total. The second kappa shape index (κ2) is 5.31. The molecule has 17 heavy (non-hydrogen) atoms. The minimum atomic E-state index is -0.0997. The van der Waals surface area contributed by atoms with Crippen molar-refractivity contribution in [1.82, 2.24) is 14.7 Å². The van der Waals surface area contributed by atoms with Gasteiger partial charge in [-0.15, -0.1) is 0 Å². The SMILES string of the molecule is Cn1cc(CC(CN)C(=O)N2CCCC2)cn1. The molecular weight excluding hydrogens is 216 g/mol. The molecule has 1 aliphatic rings. The standard InChI is InChI=1S/C12H20N4O/c1-15-9-10(8-14-15)6-11(7-13)12(17)16-4-2-3-5-16/h8-9,11H,2-7,13H2,1H3. The molecule has 1 aliphatic heterocycles. The van der Waals surface area contributed by atoms with Gasteiger partial charge in [0.05, 0.1) is 12.1 Å². The van der Waals surface area contributed by atoms with E-state index in [1.54, 1.807) is 10.9 Å². The maximum Gasteiger partial charge on any atom is 0.227 e. The van der Waals surface area contributed by atoms with Crippen LogP contribution in [0, 0.1) is 5.92 Å². The zero-order chi connectivity index (χ0) is 12.3. The molecule has 0 aliphatic carbocycles. The number of nitrogens with zero attached hydrogens (tertiary/aromatic N) is 3. The molecule has 94 valence electrons. The Labute approximate surface area is 102 Å². The van der Waals surface area contributed by atoms with Crippen LogP contribution in [0.2, 0.25) is 0 Å². The third kappa shape index (κ3) is 2.85. The van der Waals surface area contributed by atoms with Gasteiger partial charge in [-0.2, -0.15) is 5.10 Å². The number of carbonyl (C=O) groups excluding carboxylic acids is 1. The molecule has 5 heteroatoms. The topological polar surface area (TPSA) is 64.2 Å². The Hall–Kier alpha value is -1.36. The van der Waals surface area contributed by atoms with Crippen LogP contribution in [0.4, 0.5) is 0 Å². The fourth-order valence-electron chi connectivity index (χ4n) is 2.33. The molecule has 2 heterocycles. The van der Waals surface area contributed by atoms with E-state index in [4.69, 9.17) is 5.73 Å².